The zero-order valence-corrected chi connectivity index (χ0v) is 11.9. The van der Waals surface area contributed by atoms with Crippen LogP contribution in [0.2, 0.25) is 0 Å². The first kappa shape index (κ1) is 13.4. The number of unbranched alkanes of at least 4 members (excludes halogenated alkanes) is 2. The standard InChI is InChI=1S/C16H31N/c1-3-4-7-10-16(2)11-12-17-13-15(16)14-8-5-6-9-14/h14-15,17H,3-13H2,1-2H3. The van der Waals surface area contributed by atoms with Crippen LogP contribution in [0.15, 0.2) is 0 Å². The molecule has 1 heterocycles. The molecule has 2 atom stereocenters. The van der Waals surface area contributed by atoms with E-state index in [0.29, 0.717) is 5.41 Å². The molecule has 0 radical (unpaired) electrons. The quantitative estimate of drug-likeness (QED) is 0.700. The Hall–Kier alpha value is -0.0400. The van der Waals surface area contributed by atoms with E-state index < -0.39 is 0 Å². The Morgan fingerprint density at radius 1 is 1.18 bits per heavy atom. The van der Waals surface area contributed by atoms with Crippen LogP contribution in [0.4, 0.5) is 0 Å². The van der Waals surface area contributed by atoms with Gasteiger partial charge in [-0.15, -0.1) is 0 Å². The third-order valence-corrected chi connectivity index (χ3v) is 5.45. The normalized spacial score (nSPS) is 35.3. The Morgan fingerprint density at radius 2 is 1.94 bits per heavy atom. The molecule has 1 nitrogen and oxygen atoms in total. The van der Waals surface area contributed by atoms with E-state index in [2.05, 4.69) is 19.2 Å². The molecule has 1 aliphatic carbocycles. The molecular weight excluding hydrogens is 206 g/mol. The van der Waals surface area contributed by atoms with E-state index in [4.69, 9.17) is 0 Å². The number of piperidine rings is 1. The van der Waals surface area contributed by atoms with Crippen molar-refractivity contribution in [3.05, 3.63) is 0 Å². The van der Waals surface area contributed by atoms with Crippen molar-refractivity contribution in [2.45, 2.75) is 71.6 Å². The maximum atomic E-state index is 3.66. The molecule has 1 heteroatoms. The minimum atomic E-state index is 0.648. The third-order valence-electron chi connectivity index (χ3n) is 5.45. The lowest BCUT2D eigenvalue weighted by Crippen LogP contribution is -2.46. The molecule has 17 heavy (non-hydrogen) atoms. The summed E-state index contributed by atoms with van der Waals surface area (Å²) in [5.74, 6) is 2.00. The first-order chi connectivity index (χ1) is 8.26. The van der Waals surface area contributed by atoms with Crippen molar-refractivity contribution in [2.75, 3.05) is 13.1 Å². The lowest BCUT2D eigenvalue weighted by Gasteiger charge is -2.45. The van der Waals surface area contributed by atoms with Gasteiger partial charge in [0.25, 0.3) is 0 Å². The van der Waals surface area contributed by atoms with Gasteiger partial charge in [-0.3, -0.25) is 0 Å². The highest BCUT2D eigenvalue weighted by Gasteiger charge is 2.40. The van der Waals surface area contributed by atoms with Crippen LogP contribution in [0, 0.1) is 17.3 Å². The Kier molecular flexibility index (Phi) is 4.90. The Labute approximate surface area is 108 Å². The molecule has 2 unspecified atom stereocenters. The van der Waals surface area contributed by atoms with Gasteiger partial charge < -0.3 is 5.32 Å². The maximum absolute atomic E-state index is 3.66. The SMILES string of the molecule is CCCCCC1(C)CCNCC1C1CCCC1. The fourth-order valence-electron chi connectivity index (χ4n) is 4.25. The summed E-state index contributed by atoms with van der Waals surface area (Å²) in [6, 6.07) is 0. The second-order valence-corrected chi connectivity index (χ2v) is 6.72. The molecule has 1 saturated carbocycles. The van der Waals surface area contributed by atoms with E-state index in [1.54, 1.807) is 0 Å². The largest absolute Gasteiger partial charge is 0.316 e. The van der Waals surface area contributed by atoms with Crippen LogP contribution in [0.3, 0.4) is 0 Å². The van der Waals surface area contributed by atoms with Crippen molar-refractivity contribution < 1.29 is 0 Å². The molecule has 0 aromatic carbocycles. The second kappa shape index (κ2) is 6.22. The minimum absolute atomic E-state index is 0.648. The average Bonchev–Trinajstić information content (AvgIpc) is 2.83. The first-order valence-corrected chi connectivity index (χ1v) is 7.97. The van der Waals surface area contributed by atoms with Crippen LogP contribution in [-0.2, 0) is 0 Å². The first-order valence-electron chi connectivity index (χ1n) is 7.97. The molecule has 1 aliphatic heterocycles. The van der Waals surface area contributed by atoms with Crippen LogP contribution < -0.4 is 5.32 Å². The predicted octanol–water partition coefficient (Wildman–Crippen LogP) is 4.37. The van der Waals surface area contributed by atoms with Gasteiger partial charge in [0.05, 0.1) is 0 Å². The summed E-state index contributed by atoms with van der Waals surface area (Å²) in [6.07, 6.45) is 13.1. The fourth-order valence-corrected chi connectivity index (χ4v) is 4.25. The van der Waals surface area contributed by atoms with E-state index in [1.165, 1.54) is 70.9 Å². The minimum Gasteiger partial charge on any atom is -0.316 e. The predicted molar refractivity (Wildman–Crippen MR) is 75.2 cm³/mol. The molecule has 1 N–H and O–H groups in total. The van der Waals surface area contributed by atoms with Crippen molar-refractivity contribution >= 4 is 0 Å². The highest BCUT2D eigenvalue weighted by molar-refractivity contribution is 4.93. The van der Waals surface area contributed by atoms with E-state index in [1.807, 2.05) is 0 Å². The molecular formula is C16H31N. The molecule has 1 saturated heterocycles. The van der Waals surface area contributed by atoms with Crippen molar-refractivity contribution in [1.29, 1.82) is 0 Å². The van der Waals surface area contributed by atoms with Crippen LogP contribution in [0.25, 0.3) is 0 Å². The average molecular weight is 237 g/mol. The van der Waals surface area contributed by atoms with Gasteiger partial charge in [0.1, 0.15) is 0 Å². The van der Waals surface area contributed by atoms with Crippen molar-refractivity contribution in [3.63, 3.8) is 0 Å². The highest BCUT2D eigenvalue weighted by atomic mass is 14.9. The summed E-state index contributed by atoms with van der Waals surface area (Å²) in [7, 11) is 0. The van der Waals surface area contributed by atoms with E-state index >= 15 is 0 Å². The molecule has 0 aromatic rings. The van der Waals surface area contributed by atoms with Gasteiger partial charge in [-0.2, -0.15) is 0 Å². The number of rotatable bonds is 5. The van der Waals surface area contributed by atoms with Gasteiger partial charge in [0, 0.05) is 0 Å². The topological polar surface area (TPSA) is 12.0 Å². The fraction of sp³-hybridized carbons (Fsp3) is 1.00. The number of hydrogen-bond acceptors (Lipinski definition) is 1. The Morgan fingerprint density at radius 3 is 2.65 bits per heavy atom. The molecule has 100 valence electrons. The summed E-state index contributed by atoms with van der Waals surface area (Å²) in [5, 5.41) is 3.66. The molecule has 2 fully saturated rings. The smallest absolute Gasteiger partial charge is 0.00126 e. The molecule has 2 aliphatic rings. The third kappa shape index (κ3) is 3.24. The number of hydrogen-bond donors (Lipinski definition) is 1. The van der Waals surface area contributed by atoms with Gasteiger partial charge >= 0.3 is 0 Å². The Bertz CT molecular complexity index is 220. The van der Waals surface area contributed by atoms with Gasteiger partial charge in [0.2, 0.25) is 0 Å². The molecule has 0 spiro atoms. The molecule has 2 rings (SSSR count). The molecule has 0 aromatic heterocycles. The van der Waals surface area contributed by atoms with E-state index in [0.717, 1.165) is 11.8 Å². The van der Waals surface area contributed by atoms with Gasteiger partial charge in [-0.25, -0.2) is 0 Å². The van der Waals surface area contributed by atoms with Gasteiger partial charge in [0.15, 0.2) is 0 Å². The summed E-state index contributed by atoms with van der Waals surface area (Å²) in [6.45, 7) is 7.46. The van der Waals surface area contributed by atoms with Gasteiger partial charge in [-0.1, -0.05) is 58.8 Å². The van der Waals surface area contributed by atoms with Crippen LogP contribution in [0.5, 0.6) is 0 Å². The summed E-state index contributed by atoms with van der Waals surface area (Å²) in [5.41, 5.74) is 0.648. The van der Waals surface area contributed by atoms with Crippen LogP contribution in [0.1, 0.15) is 71.6 Å². The monoisotopic (exact) mass is 237 g/mol. The second-order valence-electron chi connectivity index (χ2n) is 6.72. The van der Waals surface area contributed by atoms with E-state index in [-0.39, 0.29) is 0 Å². The van der Waals surface area contributed by atoms with Crippen LogP contribution in [-0.4, -0.2) is 13.1 Å². The summed E-state index contributed by atoms with van der Waals surface area (Å²) >= 11 is 0. The Balaban J connectivity index is 1.94. The zero-order valence-electron chi connectivity index (χ0n) is 11.9. The van der Waals surface area contributed by atoms with E-state index in [9.17, 15) is 0 Å². The number of nitrogens with one attached hydrogen (secondary N) is 1. The highest BCUT2D eigenvalue weighted by Crippen LogP contribution is 2.47. The summed E-state index contributed by atoms with van der Waals surface area (Å²) in [4.78, 5) is 0. The molecule has 0 amide bonds. The lowest BCUT2D eigenvalue weighted by atomic mass is 9.64. The van der Waals surface area contributed by atoms with Gasteiger partial charge in [-0.05, 0) is 43.2 Å². The maximum Gasteiger partial charge on any atom is -0.00126 e. The lowest BCUT2D eigenvalue weighted by molar-refractivity contribution is 0.0666. The zero-order chi connectivity index (χ0) is 12.1. The summed E-state index contributed by atoms with van der Waals surface area (Å²) < 4.78 is 0. The van der Waals surface area contributed by atoms with Crippen molar-refractivity contribution in [2.24, 2.45) is 17.3 Å². The van der Waals surface area contributed by atoms with Crippen LogP contribution >= 0.6 is 0 Å². The molecule has 0 bridgehead atoms. The van der Waals surface area contributed by atoms with Crippen molar-refractivity contribution in [1.82, 2.24) is 5.32 Å². The van der Waals surface area contributed by atoms with Crippen molar-refractivity contribution in [3.8, 4) is 0 Å².